The van der Waals surface area contributed by atoms with E-state index in [0.717, 1.165) is 5.56 Å². The topological polar surface area (TPSA) is 93.4 Å². The molecule has 0 aromatic heterocycles. The first-order valence-electron chi connectivity index (χ1n) is 8.87. The number of hydrogen-bond donors (Lipinski definition) is 3. The van der Waals surface area contributed by atoms with E-state index in [-0.39, 0.29) is 30.9 Å². The lowest BCUT2D eigenvalue weighted by atomic mass is 9.54. The Balaban J connectivity index is 1.83. The van der Waals surface area contributed by atoms with E-state index in [1.165, 1.54) is 0 Å². The lowest BCUT2D eigenvalue weighted by molar-refractivity contribution is -0.170. The number of benzene rings is 1. The second kappa shape index (κ2) is 7.94. The Labute approximate surface area is 159 Å². The molecule has 26 heavy (non-hydrogen) atoms. The standard InChI is InChI=1S/C19H28ClN3O3/c1-5-26-15-11-19(21,18(15,3)4)17(25)22-10-9-16(24)23-14-8-6-7-13(20)12(14)2/h6-8,15H,5,9-11,21H2,1-4H3,(H,22,25)(H,23,24). The van der Waals surface area contributed by atoms with Gasteiger partial charge in [-0.25, -0.2) is 0 Å². The SMILES string of the molecule is CCOC1CC(N)(C(=O)NCCC(=O)Nc2cccc(Cl)c2C)C1(C)C. The highest BCUT2D eigenvalue weighted by Gasteiger charge is 2.62. The van der Waals surface area contributed by atoms with E-state index in [0.29, 0.717) is 23.7 Å². The Bertz CT molecular complexity index is 693. The third-order valence-electron chi connectivity index (χ3n) is 5.41. The van der Waals surface area contributed by atoms with Gasteiger partial charge in [-0.1, -0.05) is 31.5 Å². The minimum Gasteiger partial charge on any atom is -0.378 e. The summed E-state index contributed by atoms with van der Waals surface area (Å²) in [6, 6.07) is 5.33. The van der Waals surface area contributed by atoms with Crippen LogP contribution in [0.4, 0.5) is 5.69 Å². The first kappa shape index (κ1) is 20.7. The average Bonchev–Trinajstić information content (AvgIpc) is 2.58. The molecule has 0 bridgehead atoms. The van der Waals surface area contributed by atoms with Crippen molar-refractivity contribution in [3.05, 3.63) is 28.8 Å². The van der Waals surface area contributed by atoms with Gasteiger partial charge in [0.1, 0.15) is 5.54 Å². The molecule has 1 aliphatic rings. The van der Waals surface area contributed by atoms with Crippen molar-refractivity contribution in [1.82, 2.24) is 5.32 Å². The molecule has 6 nitrogen and oxygen atoms in total. The molecule has 2 unspecified atom stereocenters. The molecule has 1 aromatic rings. The van der Waals surface area contributed by atoms with Crippen LogP contribution in [-0.4, -0.2) is 36.6 Å². The molecular weight excluding hydrogens is 354 g/mol. The van der Waals surface area contributed by atoms with Crippen LogP contribution in [0.3, 0.4) is 0 Å². The van der Waals surface area contributed by atoms with Crippen molar-refractivity contribution in [2.75, 3.05) is 18.5 Å². The molecular formula is C19H28ClN3O3. The number of carbonyl (C=O) groups excluding carboxylic acids is 2. The van der Waals surface area contributed by atoms with E-state index in [1.54, 1.807) is 18.2 Å². The van der Waals surface area contributed by atoms with Crippen molar-refractivity contribution in [2.24, 2.45) is 11.1 Å². The Morgan fingerprint density at radius 2 is 2.08 bits per heavy atom. The summed E-state index contributed by atoms with van der Waals surface area (Å²) >= 11 is 6.04. The highest BCUT2D eigenvalue weighted by molar-refractivity contribution is 6.31. The maximum atomic E-state index is 12.5. The summed E-state index contributed by atoms with van der Waals surface area (Å²) in [5, 5.41) is 6.18. The monoisotopic (exact) mass is 381 g/mol. The van der Waals surface area contributed by atoms with Crippen LogP contribution in [0.2, 0.25) is 5.02 Å². The number of nitrogens with one attached hydrogen (secondary N) is 2. The molecule has 0 spiro atoms. The minimum atomic E-state index is -0.979. The van der Waals surface area contributed by atoms with Gasteiger partial charge < -0.3 is 21.1 Å². The summed E-state index contributed by atoms with van der Waals surface area (Å²) in [4.78, 5) is 24.6. The van der Waals surface area contributed by atoms with Crippen LogP contribution in [-0.2, 0) is 14.3 Å². The molecule has 0 saturated heterocycles. The van der Waals surface area contributed by atoms with Crippen molar-refractivity contribution >= 4 is 29.1 Å². The van der Waals surface area contributed by atoms with Crippen molar-refractivity contribution in [3.8, 4) is 0 Å². The molecule has 0 heterocycles. The lowest BCUT2D eigenvalue weighted by Crippen LogP contribution is -2.75. The number of amides is 2. The van der Waals surface area contributed by atoms with Gasteiger partial charge in [0.15, 0.2) is 0 Å². The molecule has 7 heteroatoms. The summed E-state index contributed by atoms with van der Waals surface area (Å²) < 4.78 is 5.63. The summed E-state index contributed by atoms with van der Waals surface area (Å²) in [5.41, 5.74) is 6.37. The van der Waals surface area contributed by atoms with Gasteiger partial charge in [0.2, 0.25) is 11.8 Å². The molecule has 1 aromatic carbocycles. The maximum Gasteiger partial charge on any atom is 0.240 e. The van der Waals surface area contributed by atoms with Crippen LogP contribution in [0.1, 0.15) is 39.2 Å². The number of rotatable bonds is 7. The predicted molar refractivity (Wildman–Crippen MR) is 103 cm³/mol. The van der Waals surface area contributed by atoms with E-state index in [4.69, 9.17) is 22.1 Å². The fourth-order valence-electron chi connectivity index (χ4n) is 3.22. The molecule has 1 fully saturated rings. The third kappa shape index (κ3) is 3.87. The van der Waals surface area contributed by atoms with Crippen LogP contribution in [0, 0.1) is 12.3 Å². The van der Waals surface area contributed by atoms with Gasteiger partial charge in [-0.3, -0.25) is 9.59 Å². The van der Waals surface area contributed by atoms with Crippen LogP contribution in [0.5, 0.6) is 0 Å². The fourth-order valence-corrected chi connectivity index (χ4v) is 3.40. The predicted octanol–water partition coefficient (Wildman–Crippen LogP) is 2.63. The van der Waals surface area contributed by atoms with Crippen molar-refractivity contribution < 1.29 is 14.3 Å². The quantitative estimate of drug-likeness (QED) is 0.676. The second-order valence-electron chi connectivity index (χ2n) is 7.31. The van der Waals surface area contributed by atoms with Gasteiger partial charge in [-0.2, -0.15) is 0 Å². The van der Waals surface area contributed by atoms with Crippen LogP contribution < -0.4 is 16.4 Å². The zero-order chi connectivity index (χ0) is 19.5. The van der Waals surface area contributed by atoms with Crippen LogP contribution in [0.15, 0.2) is 18.2 Å². The molecule has 4 N–H and O–H groups in total. The Hall–Kier alpha value is -1.63. The zero-order valence-corrected chi connectivity index (χ0v) is 16.6. The minimum absolute atomic E-state index is 0.0302. The molecule has 1 saturated carbocycles. The molecule has 144 valence electrons. The number of hydrogen-bond acceptors (Lipinski definition) is 4. The van der Waals surface area contributed by atoms with Crippen molar-refractivity contribution in [1.29, 1.82) is 0 Å². The smallest absolute Gasteiger partial charge is 0.240 e. The third-order valence-corrected chi connectivity index (χ3v) is 5.82. The van der Waals surface area contributed by atoms with Crippen molar-refractivity contribution in [3.63, 3.8) is 0 Å². The van der Waals surface area contributed by atoms with E-state index >= 15 is 0 Å². The van der Waals surface area contributed by atoms with Gasteiger partial charge in [-0.15, -0.1) is 0 Å². The zero-order valence-electron chi connectivity index (χ0n) is 15.8. The molecule has 0 radical (unpaired) electrons. The van der Waals surface area contributed by atoms with Gasteiger partial charge >= 0.3 is 0 Å². The Kier molecular flexibility index (Phi) is 6.32. The highest BCUT2D eigenvalue weighted by atomic mass is 35.5. The van der Waals surface area contributed by atoms with Gasteiger partial charge in [0.05, 0.1) is 6.10 Å². The first-order chi connectivity index (χ1) is 12.1. The van der Waals surface area contributed by atoms with E-state index < -0.39 is 11.0 Å². The van der Waals surface area contributed by atoms with E-state index in [1.807, 2.05) is 27.7 Å². The van der Waals surface area contributed by atoms with Crippen LogP contribution in [0.25, 0.3) is 0 Å². The Morgan fingerprint density at radius 1 is 1.38 bits per heavy atom. The van der Waals surface area contributed by atoms with E-state index in [9.17, 15) is 9.59 Å². The molecule has 2 rings (SSSR count). The molecule has 0 aliphatic heterocycles. The van der Waals surface area contributed by atoms with Crippen molar-refractivity contribution in [2.45, 2.75) is 52.2 Å². The summed E-state index contributed by atoms with van der Waals surface area (Å²) in [6.07, 6.45) is 0.605. The van der Waals surface area contributed by atoms with E-state index in [2.05, 4.69) is 10.6 Å². The first-order valence-corrected chi connectivity index (χ1v) is 9.25. The van der Waals surface area contributed by atoms with Crippen LogP contribution >= 0.6 is 11.6 Å². The molecule has 2 atom stereocenters. The normalized spacial score (nSPS) is 23.8. The number of halogens is 1. The largest absolute Gasteiger partial charge is 0.378 e. The highest BCUT2D eigenvalue weighted by Crippen LogP contribution is 2.49. The Morgan fingerprint density at radius 3 is 2.69 bits per heavy atom. The van der Waals surface area contributed by atoms with Gasteiger partial charge in [0, 0.05) is 42.1 Å². The van der Waals surface area contributed by atoms with Gasteiger partial charge in [-0.05, 0) is 31.5 Å². The average molecular weight is 382 g/mol. The summed E-state index contributed by atoms with van der Waals surface area (Å²) in [6.45, 7) is 8.45. The number of anilines is 1. The summed E-state index contributed by atoms with van der Waals surface area (Å²) in [5.74, 6) is -0.438. The molecule has 1 aliphatic carbocycles. The number of carbonyl (C=O) groups is 2. The number of nitrogens with two attached hydrogens (primary N) is 1. The fraction of sp³-hybridized carbons (Fsp3) is 0.579. The van der Waals surface area contributed by atoms with Gasteiger partial charge in [0.25, 0.3) is 0 Å². The maximum absolute atomic E-state index is 12.5. The second-order valence-corrected chi connectivity index (χ2v) is 7.71. The lowest BCUT2D eigenvalue weighted by Gasteiger charge is -2.57. The summed E-state index contributed by atoms with van der Waals surface area (Å²) in [7, 11) is 0. The molecule has 2 amide bonds. The number of ether oxygens (including phenoxy) is 1.